The Hall–Kier alpha value is 0.0969. The summed E-state index contributed by atoms with van der Waals surface area (Å²) in [6, 6.07) is 0. The summed E-state index contributed by atoms with van der Waals surface area (Å²) in [5, 5.41) is 8.34. The predicted octanol–water partition coefficient (Wildman–Crippen LogP) is -0.969. The Morgan fingerprint density at radius 1 is 1.43 bits per heavy atom. The molecule has 0 heterocycles. The molecule has 7 heavy (non-hydrogen) atoms. The van der Waals surface area contributed by atoms with E-state index in [2.05, 4.69) is 0 Å². The number of aliphatic hydroxyl groups is 1. The third-order valence-electron chi connectivity index (χ3n) is 0.675. The van der Waals surface area contributed by atoms with Crippen molar-refractivity contribution < 1.29 is 14.0 Å². The normalized spacial score (nSPS) is 10.3. The lowest BCUT2D eigenvalue weighted by molar-refractivity contribution is 0.229. The van der Waals surface area contributed by atoms with Gasteiger partial charge in [-0.3, -0.25) is 0 Å². The van der Waals surface area contributed by atoms with Gasteiger partial charge in [-0.25, -0.2) is 0 Å². The Kier molecular flexibility index (Phi) is 4.32. The number of aliphatic hydroxyl groups excluding tert-OH is 1. The predicted molar refractivity (Wildman–Crippen MR) is 28.3 cm³/mol. The molecule has 0 spiro atoms. The molecule has 0 saturated carbocycles. The highest BCUT2D eigenvalue weighted by atomic mass is 28.3. The van der Waals surface area contributed by atoms with E-state index in [4.69, 9.17) is 14.0 Å². The summed E-state index contributed by atoms with van der Waals surface area (Å²) in [6.07, 6.45) is 0.0486. The van der Waals surface area contributed by atoms with Crippen molar-refractivity contribution in [1.82, 2.24) is 0 Å². The lowest BCUT2D eigenvalue weighted by atomic mass is 11.7. The molecule has 0 fully saturated rings. The third kappa shape index (κ3) is 2.75. The van der Waals surface area contributed by atoms with Crippen LogP contribution in [0.1, 0.15) is 0 Å². The van der Waals surface area contributed by atoms with Gasteiger partial charge in [0.05, 0.1) is 6.23 Å². The number of hydrogen-bond donors (Lipinski definition) is 1. The van der Waals surface area contributed by atoms with E-state index in [-0.39, 0.29) is 6.23 Å². The van der Waals surface area contributed by atoms with Crippen molar-refractivity contribution in [2.75, 3.05) is 20.4 Å². The molecule has 4 heteroatoms. The Bertz CT molecular complexity index is 31.7. The maximum atomic E-state index is 8.34. The first-order valence-corrected chi connectivity index (χ1v) is 3.77. The van der Waals surface area contributed by atoms with E-state index < -0.39 is 9.28 Å². The molecule has 0 aromatic heterocycles. The van der Waals surface area contributed by atoms with E-state index in [1.165, 1.54) is 14.2 Å². The van der Waals surface area contributed by atoms with Crippen molar-refractivity contribution >= 4 is 9.28 Å². The smallest absolute Gasteiger partial charge is 0.347 e. The molecule has 0 bridgehead atoms. The van der Waals surface area contributed by atoms with Crippen LogP contribution in [0.15, 0.2) is 0 Å². The van der Waals surface area contributed by atoms with Crippen LogP contribution >= 0.6 is 0 Å². The number of rotatable bonds is 3. The topological polar surface area (TPSA) is 38.7 Å². The van der Waals surface area contributed by atoms with Crippen LogP contribution in [0.2, 0.25) is 0 Å². The first kappa shape index (κ1) is 7.10. The average Bonchev–Trinajstić information content (AvgIpc) is 1.72. The first-order chi connectivity index (χ1) is 3.35. The van der Waals surface area contributed by atoms with Crippen LogP contribution in [0.4, 0.5) is 0 Å². The summed E-state index contributed by atoms with van der Waals surface area (Å²) in [7, 11) is 1.46. The van der Waals surface area contributed by atoms with Gasteiger partial charge in [0.15, 0.2) is 0 Å². The lowest BCUT2D eigenvalue weighted by Crippen LogP contribution is -2.23. The second kappa shape index (κ2) is 4.26. The Morgan fingerprint density at radius 3 is 1.86 bits per heavy atom. The Morgan fingerprint density at radius 2 is 1.86 bits per heavy atom. The molecule has 1 N–H and O–H groups in total. The minimum absolute atomic E-state index is 0.0486. The van der Waals surface area contributed by atoms with Gasteiger partial charge in [-0.2, -0.15) is 0 Å². The summed E-state index contributed by atoms with van der Waals surface area (Å²) in [6.45, 7) is 0. The number of hydrogen-bond acceptors (Lipinski definition) is 3. The zero-order valence-electron chi connectivity index (χ0n) is 4.55. The fraction of sp³-hybridized carbons (Fsp3) is 1.00. The van der Waals surface area contributed by atoms with Gasteiger partial charge >= 0.3 is 9.28 Å². The van der Waals surface area contributed by atoms with Gasteiger partial charge in [0, 0.05) is 14.2 Å². The quantitative estimate of drug-likeness (QED) is 0.490. The van der Waals surface area contributed by atoms with Gasteiger partial charge < -0.3 is 14.0 Å². The molecule has 0 rings (SSSR count). The summed E-state index contributed by atoms with van der Waals surface area (Å²) >= 11 is 0. The van der Waals surface area contributed by atoms with Crippen LogP contribution in [-0.2, 0) is 8.85 Å². The Balaban J connectivity index is 2.99. The highest BCUT2D eigenvalue weighted by Crippen LogP contribution is 1.78. The van der Waals surface area contributed by atoms with E-state index in [0.717, 1.165) is 0 Å². The van der Waals surface area contributed by atoms with E-state index in [1.54, 1.807) is 0 Å². The molecule has 0 amide bonds. The minimum atomic E-state index is -1.62. The van der Waals surface area contributed by atoms with Crippen molar-refractivity contribution in [3.05, 3.63) is 0 Å². The van der Waals surface area contributed by atoms with Crippen LogP contribution in [0.25, 0.3) is 0 Å². The molecule has 0 aliphatic carbocycles. The molecule has 0 saturated heterocycles. The van der Waals surface area contributed by atoms with E-state index in [1.807, 2.05) is 0 Å². The van der Waals surface area contributed by atoms with Crippen LogP contribution in [0, 0.1) is 0 Å². The molecule has 0 aromatic rings. The van der Waals surface area contributed by atoms with Crippen molar-refractivity contribution in [1.29, 1.82) is 0 Å². The van der Waals surface area contributed by atoms with Crippen molar-refractivity contribution in [3.8, 4) is 0 Å². The van der Waals surface area contributed by atoms with Gasteiger partial charge in [0.2, 0.25) is 0 Å². The molecule has 0 unspecified atom stereocenters. The molecular formula is C3H10O3Si. The maximum absolute atomic E-state index is 8.34. The van der Waals surface area contributed by atoms with Crippen molar-refractivity contribution in [2.45, 2.75) is 0 Å². The van der Waals surface area contributed by atoms with E-state index >= 15 is 0 Å². The highest BCUT2D eigenvalue weighted by Gasteiger charge is 2.03. The van der Waals surface area contributed by atoms with Gasteiger partial charge in [0.25, 0.3) is 0 Å². The SMILES string of the molecule is CO[SiH](CO)OC. The first-order valence-electron chi connectivity index (χ1n) is 2.01. The summed E-state index contributed by atoms with van der Waals surface area (Å²) in [5.74, 6) is 0. The van der Waals surface area contributed by atoms with Crippen LogP contribution in [0.5, 0.6) is 0 Å². The molecule has 0 radical (unpaired) electrons. The third-order valence-corrected chi connectivity index (χ3v) is 2.02. The molecule has 0 aliphatic heterocycles. The molecular weight excluding hydrogens is 112 g/mol. The zero-order valence-corrected chi connectivity index (χ0v) is 5.70. The molecule has 0 atom stereocenters. The van der Waals surface area contributed by atoms with Gasteiger partial charge in [-0.15, -0.1) is 0 Å². The summed E-state index contributed by atoms with van der Waals surface area (Å²) in [5.41, 5.74) is 0. The lowest BCUT2D eigenvalue weighted by Gasteiger charge is -2.04. The van der Waals surface area contributed by atoms with Crippen LogP contribution in [0.3, 0.4) is 0 Å². The van der Waals surface area contributed by atoms with Crippen LogP contribution in [-0.4, -0.2) is 34.8 Å². The zero-order chi connectivity index (χ0) is 5.70. The van der Waals surface area contributed by atoms with E-state index in [0.29, 0.717) is 0 Å². The summed E-state index contributed by atoms with van der Waals surface area (Å²) < 4.78 is 9.43. The minimum Gasteiger partial charge on any atom is -0.399 e. The molecule has 44 valence electrons. The average molecular weight is 122 g/mol. The van der Waals surface area contributed by atoms with Gasteiger partial charge in [0.1, 0.15) is 0 Å². The largest absolute Gasteiger partial charge is 0.399 e. The van der Waals surface area contributed by atoms with Gasteiger partial charge in [-0.05, 0) is 0 Å². The summed E-state index contributed by atoms with van der Waals surface area (Å²) in [4.78, 5) is 0. The maximum Gasteiger partial charge on any atom is 0.347 e. The Labute approximate surface area is 44.7 Å². The fourth-order valence-corrected chi connectivity index (χ4v) is 0.736. The second-order valence-electron chi connectivity index (χ2n) is 1.08. The fourth-order valence-electron chi connectivity index (χ4n) is 0.245. The van der Waals surface area contributed by atoms with Crippen molar-refractivity contribution in [2.24, 2.45) is 0 Å². The second-order valence-corrected chi connectivity index (χ2v) is 3.25. The monoisotopic (exact) mass is 122 g/mol. The molecule has 0 aromatic carbocycles. The van der Waals surface area contributed by atoms with Crippen LogP contribution < -0.4 is 0 Å². The van der Waals surface area contributed by atoms with E-state index in [9.17, 15) is 0 Å². The van der Waals surface area contributed by atoms with Gasteiger partial charge in [-0.1, -0.05) is 0 Å². The van der Waals surface area contributed by atoms with Crippen molar-refractivity contribution in [3.63, 3.8) is 0 Å². The molecule has 0 aliphatic rings. The molecule has 3 nitrogen and oxygen atoms in total. The highest BCUT2D eigenvalue weighted by molar-refractivity contribution is 6.43. The standard InChI is InChI=1S/C3H10O3Si/c1-5-7(3-4)6-2/h4,7H,3H2,1-2H3.